The fourth-order valence-electron chi connectivity index (χ4n) is 3.41. The second kappa shape index (κ2) is 9.46. The minimum absolute atomic E-state index is 0.0125. The molecule has 4 rings (SSSR count). The Morgan fingerprint density at radius 2 is 1.78 bits per heavy atom. The fourth-order valence-corrected chi connectivity index (χ4v) is 3.92. The standard InChI is InChI=1S/C26H17BrN2O3/c27-25-15-18(14-22(16-28)19-9-11-23(12-10-19)29(30)31)8-13-26(25)32-17-21-6-3-5-20-4-1-2-7-24(20)21/h1-15H,17H2/b22-14-. The maximum Gasteiger partial charge on any atom is 0.269 e. The first-order chi connectivity index (χ1) is 15.5. The number of allylic oxidation sites excluding steroid dienone is 1. The maximum atomic E-state index is 10.8. The Morgan fingerprint density at radius 3 is 2.50 bits per heavy atom. The van der Waals surface area contributed by atoms with Crippen molar-refractivity contribution in [3.8, 4) is 11.8 Å². The van der Waals surface area contributed by atoms with Crippen LogP contribution >= 0.6 is 15.9 Å². The maximum absolute atomic E-state index is 10.8. The highest BCUT2D eigenvalue weighted by Crippen LogP contribution is 2.30. The van der Waals surface area contributed by atoms with Gasteiger partial charge in [-0.05, 0) is 73.7 Å². The number of non-ortho nitro benzene ring substituents is 1. The van der Waals surface area contributed by atoms with Crippen molar-refractivity contribution in [3.05, 3.63) is 116 Å². The van der Waals surface area contributed by atoms with E-state index in [9.17, 15) is 15.4 Å². The highest BCUT2D eigenvalue weighted by molar-refractivity contribution is 9.10. The first-order valence-electron chi connectivity index (χ1n) is 9.81. The smallest absolute Gasteiger partial charge is 0.269 e. The van der Waals surface area contributed by atoms with Crippen molar-refractivity contribution in [3.63, 3.8) is 0 Å². The Morgan fingerprint density at radius 1 is 1.03 bits per heavy atom. The number of nitro benzene ring substituents is 1. The SMILES string of the molecule is N#C/C(=C/c1ccc(OCc2cccc3ccccc23)c(Br)c1)c1ccc([N+](=O)[O-])cc1. The van der Waals surface area contributed by atoms with Crippen LogP contribution in [0, 0.1) is 21.4 Å². The summed E-state index contributed by atoms with van der Waals surface area (Å²) in [5, 5.41) is 22.7. The number of ether oxygens (including phenoxy) is 1. The van der Waals surface area contributed by atoms with Crippen LogP contribution in [0.5, 0.6) is 5.75 Å². The number of rotatable bonds is 6. The van der Waals surface area contributed by atoms with Crippen molar-refractivity contribution < 1.29 is 9.66 Å². The van der Waals surface area contributed by atoms with Gasteiger partial charge < -0.3 is 4.74 Å². The van der Waals surface area contributed by atoms with Crippen LogP contribution < -0.4 is 4.74 Å². The van der Waals surface area contributed by atoms with Gasteiger partial charge in [0.05, 0.1) is 21.0 Å². The monoisotopic (exact) mass is 484 g/mol. The van der Waals surface area contributed by atoms with Gasteiger partial charge in [-0.15, -0.1) is 0 Å². The Bertz CT molecular complexity index is 1370. The van der Waals surface area contributed by atoms with Crippen LogP contribution in [-0.4, -0.2) is 4.92 Å². The van der Waals surface area contributed by atoms with Crippen LogP contribution in [0.1, 0.15) is 16.7 Å². The van der Waals surface area contributed by atoms with Gasteiger partial charge in [-0.1, -0.05) is 48.5 Å². The number of fused-ring (bicyclic) bond motifs is 1. The van der Waals surface area contributed by atoms with Crippen molar-refractivity contribution in [2.24, 2.45) is 0 Å². The van der Waals surface area contributed by atoms with Crippen LogP contribution in [-0.2, 0) is 6.61 Å². The Hall–Kier alpha value is -3.95. The first-order valence-corrected chi connectivity index (χ1v) is 10.6. The average Bonchev–Trinajstić information content (AvgIpc) is 2.82. The predicted molar refractivity (Wildman–Crippen MR) is 129 cm³/mol. The van der Waals surface area contributed by atoms with E-state index < -0.39 is 4.92 Å². The summed E-state index contributed by atoms with van der Waals surface area (Å²) in [5.74, 6) is 0.698. The molecule has 0 amide bonds. The van der Waals surface area contributed by atoms with Crippen molar-refractivity contribution in [1.82, 2.24) is 0 Å². The molecule has 0 spiro atoms. The first kappa shape index (κ1) is 21.3. The van der Waals surface area contributed by atoms with E-state index in [4.69, 9.17) is 4.74 Å². The lowest BCUT2D eigenvalue weighted by Crippen LogP contribution is -1.97. The molecule has 4 aromatic carbocycles. The third-order valence-electron chi connectivity index (χ3n) is 5.04. The molecule has 0 aliphatic heterocycles. The molecule has 0 aliphatic carbocycles. The summed E-state index contributed by atoms with van der Waals surface area (Å²) in [7, 11) is 0. The molecule has 0 radical (unpaired) electrons. The molecule has 5 nitrogen and oxygen atoms in total. The Kier molecular flexibility index (Phi) is 6.29. The summed E-state index contributed by atoms with van der Waals surface area (Å²) < 4.78 is 6.81. The van der Waals surface area contributed by atoms with Crippen LogP contribution in [0.25, 0.3) is 22.4 Å². The van der Waals surface area contributed by atoms with E-state index in [1.807, 2.05) is 36.4 Å². The second-order valence-electron chi connectivity index (χ2n) is 7.09. The average molecular weight is 485 g/mol. The summed E-state index contributed by atoms with van der Waals surface area (Å²) in [4.78, 5) is 10.4. The molecule has 0 bridgehead atoms. The van der Waals surface area contributed by atoms with Gasteiger partial charge >= 0.3 is 0 Å². The minimum Gasteiger partial charge on any atom is -0.488 e. The molecule has 0 saturated heterocycles. The summed E-state index contributed by atoms with van der Waals surface area (Å²) in [6.45, 7) is 0.432. The molecule has 0 atom stereocenters. The largest absolute Gasteiger partial charge is 0.488 e. The van der Waals surface area contributed by atoms with Crippen molar-refractivity contribution in [2.75, 3.05) is 0 Å². The highest BCUT2D eigenvalue weighted by Gasteiger charge is 2.09. The number of benzene rings is 4. The van der Waals surface area contributed by atoms with Gasteiger partial charge in [-0.25, -0.2) is 0 Å². The Labute approximate surface area is 193 Å². The molecule has 0 aliphatic rings. The third kappa shape index (κ3) is 4.69. The van der Waals surface area contributed by atoms with E-state index in [0.717, 1.165) is 21.0 Å². The zero-order chi connectivity index (χ0) is 22.5. The van der Waals surface area contributed by atoms with Gasteiger partial charge in [0, 0.05) is 12.1 Å². The lowest BCUT2D eigenvalue weighted by molar-refractivity contribution is -0.384. The van der Waals surface area contributed by atoms with Crippen molar-refractivity contribution in [2.45, 2.75) is 6.61 Å². The summed E-state index contributed by atoms with van der Waals surface area (Å²) in [5.41, 5.74) is 2.93. The van der Waals surface area contributed by atoms with Crippen LogP contribution in [0.15, 0.2) is 89.4 Å². The minimum atomic E-state index is -0.465. The van der Waals surface area contributed by atoms with Gasteiger partial charge in [-0.3, -0.25) is 10.1 Å². The molecule has 6 heteroatoms. The molecule has 32 heavy (non-hydrogen) atoms. The second-order valence-corrected chi connectivity index (χ2v) is 7.94. The molecule has 0 unspecified atom stereocenters. The number of hydrogen-bond acceptors (Lipinski definition) is 4. The van der Waals surface area contributed by atoms with Crippen molar-refractivity contribution >= 4 is 44.0 Å². The molecule has 0 aromatic heterocycles. The summed E-state index contributed by atoms with van der Waals surface area (Å²) in [6, 6.07) is 28.0. The topological polar surface area (TPSA) is 76.2 Å². The van der Waals surface area contributed by atoms with Gasteiger partial charge in [0.15, 0.2) is 0 Å². The Balaban J connectivity index is 1.53. The van der Waals surface area contributed by atoms with Gasteiger partial charge in [0.25, 0.3) is 5.69 Å². The molecule has 0 saturated carbocycles. The quantitative estimate of drug-likeness (QED) is 0.126. The van der Waals surface area contributed by atoms with Gasteiger partial charge in [-0.2, -0.15) is 5.26 Å². The number of hydrogen-bond donors (Lipinski definition) is 0. The zero-order valence-corrected chi connectivity index (χ0v) is 18.5. The molecular formula is C26H17BrN2O3. The summed E-state index contributed by atoms with van der Waals surface area (Å²) in [6.07, 6.45) is 1.74. The predicted octanol–water partition coefficient (Wildman–Crippen LogP) is 7.15. The van der Waals surface area contributed by atoms with E-state index in [2.05, 4.69) is 46.3 Å². The molecule has 4 aromatic rings. The van der Waals surface area contributed by atoms with E-state index >= 15 is 0 Å². The van der Waals surface area contributed by atoms with E-state index in [-0.39, 0.29) is 5.69 Å². The van der Waals surface area contributed by atoms with E-state index in [0.29, 0.717) is 23.5 Å². The molecule has 156 valence electrons. The highest BCUT2D eigenvalue weighted by atomic mass is 79.9. The lowest BCUT2D eigenvalue weighted by atomic mass is 10.0. The zero-order valence-electron chi connectivity index (χ0n) is 16.9. The molecule has 0 fully saturated rings. The van der Waals surface area contributed by atoms with E-state index in [1.165, 1.54) is 17.5 Å². The molecule has 0 N–H and O–H groups in total. The third-order valence-corrected chi connectivity index (χ3v) is 5.66. The molecular weight excluding hydrogens is 468 g/mol. The van der Waals surface area contributed by atoms with Crippen LogP contribution in [0.4, 0.5) is 5.69 Å². The van der Waals surface area contributed by atoms with Gasteiger partial charge in [0.2, 0.25) is 0 Å². The van der Waals surface area contributed by atoms with Gasteiger partial charge in [0.1, 0.15) is 12.4 Å². The number of halogens is 1. The van der Waals surface area contributed by atoms with Crippen LogP contribution in [0.3, 0.4) is 0 Å². The number of nitro groups is 1. The van der Waals surface area contributed by atoms with E-state index in [1.54, 1.807) is 18.2 Å². The number of nitrogens with zero attached hydrogens (tertiary/aromatic N) is 2. The summed E-state index contributed by atoms with van der Waals surface area (Å²) >= 11 is 3.55. The normalized spacial score (nSPS) is 11.2. The fraction of sp³-hybridized carbons (Fsp3) is 0.0385. The van der Waals surface area contributed by atoms with Crippen molar-refractivity contribution in [1.29, 1.82) is 5.26 Å². The van der Waals surface area contributed by atoms with Crippen LogP contribution in [0.2, 0.25) is 0 Å². The number of nitriles is 1. The molecule has 0 heterocycles. The lowest BCUT2D eigenvalue weighted by Gasteiger charge is -2.11.